The summed E-state index contributed by atoms with van der Waals surface area (Å²) in [5.41, 5.74) is 1.11. The van der Waals surface area contributed by atoms with Crippen LogP contribution in [0.4, 0.5) is 11.4 Å². The van der Waals surface area contributed by atoms with Crippen LogP contribution in [0.2, 0.25) is 0 Å². The summed E-state index contributed by atoms with van der Waals surface area (Å²) in [5.74, 6) is -1.78. The molecular weight excluding hydrogens is 364 g/mol. The van der Waals surface area contributed by atoms with Crippen LogP contribution < -0.4 is 10.6 Å². The number of benzene rings is 2. The summed E-state index contributed by atoms with van der Waals surface area (Å²) in [4.78, 5) is 34.4. The molecule has 0 saturated carbocycles. The van der Waals surface area contributed by atoms with Crippen molar-refractivity contribution in [1.82, 2.24) is 0 Å². The molecule has 0 atom stereocenters. The van der Waals surface area contributed by atoms with E-state index in [4.69, 9.17) is 0 Å². The Bertz CT molecular complexity index is 772. The SMILES string of the molecule is CC(=O)Nc1ccc(C(=O)Nc2ccc(Br)cc2C(=O)O)cc1. The Morgan fingerprint density at radius 3 is 2.22 bits per heavy atom. The van der Waals surface area contributed by atoms with Crippen molar-refractivity contribution < 1.29 is 19.5 Å². The molecule has 0 saturated heterocycles. The number of anilines is 2. The number of nitrogens with one attached hydrogen (secondary N) is 2. The summed E-state index contributed by atoms with van der Waals surface area (Å²) in [6, 6.07) is 10.8. The highest BCUT2D eigenvalue weighted by Crippen LogP contribution is 2.22. The molecule has 0 unspecified atom stereocenters. The molecule has 0 spiro atoms. The number of carboxylic acid groups (broad SMARTS) is 1. The number of hydrogen-bond donors (Lipinski definition) is 3. The van der Waals surface area contributed by atoms with Crippen LogP contribution in [0, 0.1) is 0 Å². The molecule has 0 bridgehead atoms. The molecule has 2 amide bonds. The van der Waals surface area contributed by atoms with Gasteiger partial charge in [0.25, 0.3) is 5.91 Å². The van der Waals surface area contributed by atoms with Gasteiger partial charge in [0.2, 0.25) is 5.91 Å². The minimum atomic E-state index is -1.14. The van der Waals surface area contributed by atoms with E-state index >= 15 is 0 Å². The van der Waals surface area contributed by atoms with Crippen molar-refractivity contribution in [1.29, 1.82) is 0 Å². The zero-order valence-electron chi connectivity index (χ0n) is 12.1. The number of rotatable bonds is 4. The van der Waals surface area contributed by atoms with E-state index in [1.54, 1.807) is 30.3 Å². The average molecular weight is 377 g/mol. The minimum Gasteiger partial charge on any atom is -0.478 e. The van der Waals surface area contributed by atoms with Gasteiger partial charge in [-0.05, 0) is 42.5 Å². The highest BCUT2D eigenvalue weighted by molar-refractivity contribution is 9.10. The van der Waals surface area contributed by atoms with Crippen LogP contribution in [0.5, 0.6) is 0 Å². The quantitative estimate of drug-likeness (QED) is 0.762. The van der Waals surface area contributed by atoms with Gasteiger partial charge in [-0.1, -0.05) is 15.9 Å². The van der Waals surface area contributed by atoms with E-state index in [0.717, 1.165) is 0 Å². The Morgan fingerprint density at radius 2 is 1.65 bits per heavy atom. The minimum absolute atomic E-state index is 0.0115. The van der Waals surface area contributed by atoms with Gasteiger partial charge in [0, 0.05) is 22.6 Å². The predicted octanol–water partition coefficient (Wildman–Crippen LogP) is 3.36. The van der Waals surface area contributed by atoms with Gasteiger partial charge in [-0.25, -0.2) is 4.79 Å². The molecule has 0 fully saturated rings. The molecule has 3 N–H and O–H groups in total. The van der Waals surface area contributed by atoms with Crippen molar-refractivity contribution in [3.05, 3.63) is 58.1 Å². The molecule has 0 heterocycles. The third-order valence-corrected chi connectivity index (χ3v) is 3.42. The van der Waals surface area contributed by atoms with Gasteiger partial charge in [-0.2, -0.15) is 0 Å². The van der Waals surface area contributed by atoms with Crippen LogP contribution >= 0.6 is 15.9 Å². The highest BCUT2D eigenvalue weighted by Gasteiger charge is 2.14. The number of hydrogen-bond acceptors (Lipinski definition) is 3. The molecule has 2 rings (SSSR count). The van der Waals surface area contributed by atoms with E-state index in [9.17, 15) is 19.5 Å². The molecule has 7 heteroatoms. The normalized spacial score (nSPS) is 10.0. The largest absolute Gasteiger partial charge is 0.478 e. The number of amides is 2. The molecule has 0 aliphatic carbocycles. The van der Waals surface area contributed by atoms with Crippen LogP contribution in [0.25, 0.3) is 0 Å². The maximum Gasteiger partial charge on any atom is 0.337 e. The van der Waals surface area contributed by atoms with Crippen molar-refractivity contribution in [3.63, 3.8) is 0 Å². The number of carbonyl (C=O) groups excluding carboxylic acids is 2. The summed E-state index contributed by atoms with van der Waals surface area (Å²) in [7, 11) is 0. The van der Waals surface area contributed by atoms with Gasteiger partial charge in [0.1, 0.15) is 0 Å². The lowest BCUT2D eigenvalue weighted by Crippen LogP contribution is -2.15. The summed E-state index contributed by atoms with van der Waals surface area (Å²) in [6.45, 7) is 1.39. The van der Waals surface area contributed by atoms with Crippen LogP contribution in [-0.4, -0.2) is 22.9 Å². The van der Waals surface area contributed by atoms with E-state index in [-0.39, 0.29) is 17.2 Å². The third kappa shape index (κ3) is 4.40. The highest BCUT2D eigenvalue weighted by atomic mass is 79.9. The van der Waals surface area contributed by atoms with E-state index in [1.807, 2.05) is 0 Å². The topological polar surface area (TPSA) is 95.5 Å². The molecule has 0 aliphatic heterocycles. The molecule has 23 heavy (non-hydrogen) atoms. The Hall–Kier alpha value is -2.67. The van der Waals surface area contributed by atoms with E-state index in [1.165, 1.54) is 19.1 Å². The fourth-order valence-electron chi connectivity index (χ4n) is 1.91. The Kier molecular flexibility index (Phi) is 5.13. The van der Waals surface area contributed by atoms with Crippen LogP contribution in [0.1, 0.15) is 27.6 Å². The zero-order chi connectivity index (χ0) is 17.0. The average Bonchev–Trinajstić information content (AvgIpc) is 2.49. The monoisotopic (exact) mass is 376 g/mol. The molecule has 118 valence electrons. The van der Waals surface area contributed by atoms with Crippen molar-refractivity contribution in [2.45, 2.75) is 6.92 Å². The smallest absolute Gasteiger partial charge is 0.337 e. The molecule has 2 aromatic carbocycles. The first kappa shape index (κ1) is 16.7. The van der Waals surface area contributed by atoms with E-state index in [2.05, 4.69) is 26.6 Å². The van der Waals surface area contributed by atoms with Gasteiger partial charge in [0.05, 0.1) is 11.3 Å². The van der Waals surface area contributed by atoms with Gasteiger partial charge in [-0.15, -0.1) is 0 Å². The number of aromatic carboxylic acids is 1. The number of carboxylic acids is 1. The second kappa shape index (κ2) is 7.06. The standard InChI is InChI=1S/C16H13BrN2O4/c1-9(20)18-12-5-2-10(3-6-12)15(21)19-14-7-4-11(17)8-13(14)16(22)23/h2-8H,1H3,(H,18,20)(H,19,21)(H,22,23). The second-order valence-corrected chi connectivity index (χ2v) is 5.62. The molecule has 0 radical (unpaired) electrons. The molecule has 2 aromatic rings. The maximum absolute atomic E-state index is 12.2. The van der Waals surface area contributed by atoms with Gasteiger partial charge in [0.15, 0.2) is 0 Å². The zero-order valence-corrected chi connectivity index (χ0v) is 13.7. The van der Waals surface area contributed by atoms with Crippen LogP contribution in [-0.2, 0) is 4.79 Å². The van der Waals surface area contributed by atoms with E-state index in [0.29, 0.717) is 15.7 Å². The Morgan fingerprint density at radius 1 is 1.00 bits per heavy atom. The Balaban J connectivity index is 2.19. The summed E-state index contributed by atoms with van der Waals surface area (Å²) in [6.07, 6.45) is 0. The Labute approximate surface area is 140 Å². The lowest BCUT2D eigenvalue weighted by atomic mass is 10.1. The fraction of sp³-hybridized carbons (Fsp3) is 0.0625. The van der Waals surface area contributed by atoms with Gasteiger partial charge >= 0.3 is 5.97 Å². The lowest BCUT2D eigenvalue weighted by molar-refractivity contribution is -0.114. The van der Waals surface area contributed by atoms with E-state index < -0.39 is 11.9 Å². The summed E-state index contributed by atoms with van der Waals surface area (Å²) >= 11 is 3.19. The van der Waals surface area contributed by atoms with Crippen molar-refractivity contribution in [3.8, 4) is 0 Å². The maximum atomic E-state index is 12.2. The summed E-state index contributed by atoms with van der Waals surface area (Å²) in [5, 5.41) is 14.3. The first-order valence-corrected chi connectivity index (χ1v) is 7.38. The third-order valence-electron chi connectivity index (χ3n) is 2.93. The first-order valence-electron chi connectivity index (χ1n) is 6.58. The molecule has 0 aliphatic rings. The number of halogens is 1. The second-order valence-electron chi connectivity index (χ2n) is 4.71. The fourth-order valence-corrected chi connectivity index (χ4v) is 2.27. The first-order chi connectivity index (χ1) is 10.9. The number of carbonyl (C=O) groups is 3. The molecular formula is C16H13BrN2O4. The van der Waals surface area contributed by atoms with Crippen molar-refractivity contribution in [2.24, 2.45) is 0 Å². The van der Waals surface area contributed by atoms with Crippen molar-refractivity contribution >= 4 is 45.1 Å². The summed E-state index contributed by atoms with van der Waals surface area (Å²) < 4.78 is 0.604. The van der Waals surface area contributed by atoms with Crippen molar-refractivity contribution in [2.75, 3.05) is 10.6 Å². The van der Waals surface area contributed by atoms with Gasteiger partial charge in [-0.3, -0.25) is 9.59 Å². The van der Waals surface area contributed by atoms with Gasteiger partial charge < -0.3 is 15.7 Å². The van der Waals surface area contributed by atoms with Crippen LogP contribution in [0.3, 0.4) is 0 Å². The predicted molar refractivity (Wildman–Crippen MR) is 89.8 cm³/mol. The van der Waals surface area contributed by atoms with Crippen LogP contribution in [0.15, 0.2) is 46.9 Å². The molecule has 6 nitrogen and oxygen atoms in total. The molecule has 0 aromatic heterocycles. The lowest BCUT2D eigenvalue weighted by Gasteiger charge is -2.09.